The lowest BCUT2D eigenvalue weighted by molar-refractivity contribution is 0.150. The second-order valence-electron chi connectivity index (χ2n) is 7.90. The smallest absolute Gasteiger partial charge is 0.191 e. The minimum absolute atomic E-state index is 0.512. The Labute approximate surface area is 174 Å². The summed E-state index contributed by atoms with van der Waals surface area (Å²) in [6.45, 7) is 9.24. The molecule has 1 unspecified atom stereocenters. The van der Waals surface area contributed by atoms with Gasteiger partial charge in [0.1, 0.15) is 0 Å². The summed E-state index contributed by atoms with van der Waals surface area (Å²) in [6, 6.07) is 8.59. The molecule has 156 valence electrons. The fourth-order valence-electron chi connectivity index (χ4n) is 4.03. The molecule has 0 radical (unpaired) electrons. The van der Waals surface area contributed by atoms with Gasteiger partial charge in [-0.2, -0.15) is 0 Å². The largest absolute Gasteiger partial charge is 0.381 e. The molecule has 28 heavy (non-hydrogen) atoms. The van der Waals surface area contributed by atoms with E-state index in [0.717, 1.165) is 56.0 Å². The minimum atomic E-state index is 0.512. The molecule has 0 aliphatic carbocycles. The SMILES string of the molecule is CCNC(=NCCCc1ccccc1Cl)NC1CCN(CC2CCOC2)CC1. The first kappa shape index (κ1) is 21.4. The number of halogens is 1. The molecular weight excluding hydrogens is 372 g/mol. The Morgan fingerprint density at radius 1 is 1.25 bits per heavy atom. The van der Waals surface area contributed by atoms with Crippen molar-refractivity contribution in [2.75, 3.05) is 45.9 Å². The molecule has 1 aromatic rings. The van der Waals surface area contributed by atoms with Gasteiger partial charge < -0.3 is 20.3 Å². The van der Waals surface area contributed by atoms with Crippen LogP contribution in [0.5, 0.6) is 0 Å². The molecule has 3 rings (SSSR count). The van der Waals surface area contributed by atoms with Crippen LogP contribution >= 0.6 is 11.6 Å². The van der Waals surface area contributed by atoms with Crippen molar-refractivity contribution in [3.63, 3.8) is 0 Å². The van der Waals surface area contributed by atoms with Crippen molar-refractivity contribution in [3.05, 3.63) is 34.9 Å². The second kappa shape index (κ2) is 11.6. The van der Waals surface area contributed by atoms with Crippen molar-refractivity contribution in [1.29, 1.82) is 0 Å². The van der Waals surface area contributed by atoms with E-state index in [1.165, 1.54) is 44.5 Å². The van der Waals surface area contributed by atoms with Gasteiger partial charge in [0.25, 0.3) is 0 Å². The molecule has 2 N–H and O–H groups in total. The molecule has 1 atom stereocenters. The Morgan fingerprint density at radius 2 is 2.07 bits per heavy atom. The van der Waals surface area contributed by atoms with Crippen LogP contribution in [0, 0.1) is 5.92 Å². The van der Waals surface area contributed by atoms with Gasteiger partial charge in [0, 0.05) is 50.4 Å². The van der Waals surface area contributed by atoms with Gasteiger partial charge in [-0.05, 0) is 56.6 Å². The van der Waals surface area contributed by atoms with Crippen molar-refractivity contribution in [1.82, 2.24) is 15.5 Å². The zero-order valence-electron chi connectivity index (χ0n) is 17.1. The number of hydrogen-bond acceptors (Lipinski definition) is 3. The molecule has 2 saturated heterocycles. The Morgan fingerprint density at radius 3 is 2.79 bits per heavy atom. The minimum Gasteiger partial charge on any atom is -0.381 e. The van der Waals surface area contributed by atoms with E-state index in [1.807, 2.05) is 18.2 Å². The van der Waals surface area contributed by atoms with Crippen LogP contribution in [0.25, 0.3) is 0 Å². The van der Waals surface area contributed by atoms with Crippen molar-refractivity contribution in [2.24, 2.45) is 10.9 Å². The van der Waals surface area contributed by atoms with Gasteiger partial charge in [-0.1, -0.05) is 29.8 Å². The molecule has 2 fully saturated rings. The van der Waals surface area contributed by atoms with Gasteiger partial charge in [0.2, 0.25) is 0 Å². The third-order valence-electron chi connectivity index (χ3n) is 5.65. The van der Waals surface area contributed by atoms with Crippen molar-refractivity contribution >= 4 is 17.6 Å². The molecule has 2 aliphatic heterocycles. The highest BCUT2D eigenvalue weighted by atomic mass is 35.5. The number of guanidine groups is 1. The summed E-state index contributed by atoms with van der Waals surface area (Å²) in [5, 5.41) is 7.89. The van der Waals surface area contributed by atoms with Gasteiger partial charge in [-0.15, -0.1) is 0 Å². The average Bonchev–Trinajstić information content (AvgIpc) is 3.21. The predicted octanol–water partition coefficient (Wildman–Crippen LogP) is 3.33. The third-order valence-corrected chi connectivity index (χ3v) is 6.01. The standard InChI is InChI=1S/C22H35ClN4O/c1-2-24-22(25-12-5-7-19-6-3-4-8-21(19)23)26-20-9-13-27(14-10-20)16-18-11-15-28-17-18/h3-4,6,8,18,20H,2,5,7,9-17H2,1H3,(H2,24,25,26). The van der Waals surface area contributed by atoms with E-state index in [-0.39, 0.29) is 0 Å². The van der Waals surface area contributed by atoms with E-state index >= 15 is 0 Å². The predicted molar refractivity (Wildman–Crippen MR) is 117 cm³/mol. The average molecular weight is 407 g/mol. The molecule has 0 amide bonds. The topological polar surface area (TPSA) is 48.9 Å². The van der Waals surface area contributed by atoms with Crippen LogP contribution in [0.1, 0.15) is 38.2 Å². The van der Waals surface area contributed by atoms with Crippen LogP contribution in [0.15, 0.2) is 29.3 Å². The number of rotatable bonds is 8. The van der Waals surface area contributed by atoms with Crippen LogP contribution in [0.2, 0.25) is 5.02 Å². The van der Waals surface area contributed by atoms with Crippen LogP contribution in [0.4, 0.5) is 0 Å². The van der Waals surface area contributed by atoms with E-state index in [9.17, 15) is 0 Å². The first-order chi connectivity index (χ1) is 13.7. The number of likely N-dealkylation sites (tertiary alicyclic amines) is 1. The quantitative estimate of drug-likeness (QED) is 0.395. The summed E-state index contributed by atoms with van der Waals surface area (Å²) in [5.41, 5.74) is 1.21. The van der Waals surface area contributed by atoms with E-state index in [0.29, 0.717) is 6.04 Å². The molecule has 0 bridgehead atoms. The molecule has 1 aromatic carbocycles. The molecule has 2 aliphatic rings. The number of hydrogen-bond donors (Lipinski definition) is 2. The highest BCUT2D eigenvalue weighted by Gasteiger charge is 2.24. The number of piperidine rings is 1. The summed E-state index contributed by atoms with van der Waals surface area (Å²) in [4.78, 5) is 7.38. The van der Waals surface area contributed by atoms with Gasteiger partial charge in [-0.25, -0.2) is 0 Å². The molecule has 5 nitrogen and oxygen atoms in total. The highest BCUT2D eigenvalue weighted by Crippen LogP contribution is 2.18. The van der Waals surface area contributed by atoms with E-state index in [1.54, 1.807) is 0 Å². The van der Waals surface area contributed by atoms with E-state index < -0.39 is 0 Å². The summed E-state index contributed by atoms with van der Waals surface area (Å²) in [6.07, 6.45) is 5.55. The van der Waals surface area contributed by atoms with Crippen molar-refractivity contribution in [2.45, 2.75) is 45.1 Å². The normalized spacial score (nSPS) is 21.8. The van der Waals surface area contributed by atoms with Gasteiger partial charge in [-0.3, -0.25) is 4.99 Å². The Kier molecular flexibility index (Phi) is 8.90. The maximum Gasteiger partial charge on any atom is 0.191 e. The zero-order chi connectivity index (χ0) is 19.6. The van der Waals surface area contributed by atoms with Gasteiger partial charge in [0.15, 0.2) is 5.96 Å². The Bertz CT molecular complexity index is 610. The van der Waals surface area contributed by atoms with Crippen LogP contribution in [-0.4, -0.2) is 62.8 Å². The van der Waals surface area contributed by atoms with Crippen molar-refractivity contribution < 1.29 is 4.74 Å². The number of nitrogens with one attached hydrogen (secondary N) is 2. The lowest BCUT2D eigenvalue weighted by Crippen LogP contribution is -2.49. The molecule has 0 spiro atoms. The molecule has 0 saturated carbocycles. The summed E-state index contributed by atoms with van der Waals surface area (Å²) >= 11 is 6.24. The highest BCUT2D eigenvalue weighted by molar-refractivity contribution is 6.31. The molecular formula is C22H35ClN4O. The lowest BCUT2D eigenvalue weighted by atomic mass is 10.0. The summed E-state index contributed by atoms with van der Waals surface area (Å²) in [5.74, 6) is 1.69. The van der Waals surface area contributed by atoms with Gasteiger partial charge >= 0.3 is 0 Å². The van der Waals surface area contributed by atoms with Gasteiger partial charge in [0.05, 0.1) is 6.61 Å². The zero-order valence-corrected chi connectivity index (χ0v) is 17.9. The fourth-order valence-corrected chi connectivity index (χ4v) is 4.26. The van der Waals surface area contributed by atoms with Crippen LogP contribution in [-0.2, 0) is 11.2 Å². The first-order valence-electron chi connectivity index (χ1n) is 10.8. The maximum atomic E-state index is 6.24. The Balaban J connectivity index is 1.39. The fraction of sp³-hybridized carbons (Fsp3) is 0.682. The van der Waals surface area contributed by atoms with Crippen LogP contribution in [0.3, 0.4) is 0 Å². The van der Waals surface area contributed by atoms with E-state index in [2.05, 4.69) is 28.5 Å². The number of nitrogens with zero attached hydrogens (tertiary/aromatic N) is 2. The van der Waals surface area contributed by atoms with E-state index in [4.69, 9.17) is 21.3 Å². The van der Waals surface area contributed by atoms with Crippen molar-refractivity contribution in [3.8, 4) is 0 Å². The number of aliphatic imine (C=N–C) groups is 1. The number of ether oxygens (including phenoxy) is 1. The first-order valence-corrected chi connectivity index (χ1v) is 11.2. The number of benzene rings is 1. The monoisotopic (exact) mass is 406 g/mol. The summed E-state index contributed by atoms with van der Waals surface area (Å²) < 4.78 is 5.51. The Hall–Kier alpha value is -1.30. The number of aryl methyl sites for hydroxylation is 1. The molecule has 6 heteroatoms. The third kappa shape index (κ3) is 6.94. The maximum absolute atomic E-state index is 6.24. The van der Waals surface area contributed by atoms with Crippen LogP contribution < -0.4 is 10.6 Å². The second-order valence-corrected chi connectivity index (χ2v) is 8.31. The lowest BCUT2D eigenvalue weighted by Gasteiger charge is -2.34. The molecule has 2 heterocycles. The molecule has 0 aromatic heterocycles. The summed E-state index contributed by atoms with van der Waals surface area (Å²) in [7, 11) is 0.